The molecule has 22 heavy (non-hydrogen) atoms. The number of ketones is 1. The van der Waals surface area contributed by atoms with Crippen LogP contribution in [0.1, 0.15) is 22.8 Å². The van der Waals surface area contributed by atoms with Crippen LogP contribution in [0.2, 0.25) is 0 Å². The van der Waals surface area contributed by atoms with E-state index in [0.29, 0.717) is 0 Å². The molecule has 0 spiro atoms. The number of Topliss-reactive ketones (excluding diaryl/α,β-unsaturated/α-hetero) is 1. The number of carbonyl (C=O) groups is 1. The summed E-state index contributed by atoms with van der Waals surface area (Å²) in [5, 5.41) is 0. The number of benzene rings is 2. The van der Waals surface area contributed by atoms with Gasteiger partial charge in [0.2, 0.25) is 10.0 Å². The first-order valence-corrected chi connectivity index (χ1v) is 7.82. The third-order valence-electron chi connectivity index (χ3n) is 3.01. The second-order valence-electron chi connectivity index (χ2n) is 4.64. The Balaban J connectivity index is 2.23. The summed E-state index contributed by atoms with van der Waals surface area (Å²) in [6.45, 7) is 0.928. The number of halogens is 2. The van der Waals surface area contributed by atoms with Crippen molar-refractivity contribution in [1.82, 2.24) is 4.72 Å². The van der Waals surface area contributed by atoms with Crippen molar-refractivity contribution in [1.29, 1.82) is 0 Å². The van der Waals surface area contributed by atoms with Gasteiger partial charge in [0.15, 0.2) is 5.78 Å². The van der Waals surface area contributed by atoms with Crippen LogP contribution in [0, 0.1) is 11.6 Å². The fraction of sp³-hybridized carbons (Fsp3) is 0.133. The van der Waals surface area contributed by atoms with Crippen LogP contribution in [0.4, 0.5) is 8.78 Å². The first-order chi connectivity index (χ1) is 10.3. The van der Waals surface area contributed by atoms with Gasteiger partial charge in [-0.25, -0.2) is 21.9 Å². The summed E-state index contributed by atoms with van der Waals surface area (Å²) < 4.78 is 53.0. The molecule has 0 bridgehead atoms. The monoisotopic (exact) mass is 325 g/mol. The molecule has 0 aliphatic carbocycles. The highest BCUT2D eigenvalue weighted by Gasteiger charge is 2.16. The van der Waals surface area contributed by atoms with Gasteiger partial charge < -0.3 is 0 Å². The smallest absolute Gasteiger partial charge is 0.240 e. The molecule has 0 saturated heterocycles. The summed E-state index contributed by atoms with van der Waals surface area (Å²) in [4.78, 5) is 11.2. The molecule has 116 valence electrons. The van der Waals surface area contributed by atoms with Crippen LogP contribution in [0.3, 0.4) is 0 Å². The van der Waals surface area contributed by atoms with E-state index >= 15 is 0 Å². The number of carbonyl (C=O) groups excluding carboxylic acids is 1. The molecule has 2 aromatic rings. The van der Waals surface area contributed by atoms with E-state index in [9.17, 15) is 22.0 Å². The molecular weight excluding hydrogens is 312 g/mol. The minimum absolute atomic E-state index is 0.105. The minimum Gasteiger partial charge on any atom is -0.295 e. The van der Waals surface area contributed by atoms with Gasteiger partial charge in [0.25, 0.3) is 0 Å². The average Bonchev–Trinajstić information content (AvgIpc) is 2.48. The predicted octanol–water partition coefficient (Wildman–Crippen LogP) is 2.65. The van der Waals surface area contributed by atoms with Gasteiger partial charge >= 0.3 is 0 Å². The summed E-state index contributed by atoms with van der Waals surface area (Å²) in [5.41, 5.74) is 0.145. The molecule has 0 heterocycles. The first-order valence-electron chi connectivity index (χ1n) is 6.34. The lowest BCUT2D eigenvalue weighted by Gasteiger charge is -2.08. The van der Waals surface area contributed by atoms with E-state index in [-0.39, 0.29) is 21.8 Å². The van der Waals surface area contributed by atoms with Gasteiger partial charge in [-0.1, -0.05) is 12.1 Å². The number of rotatable bonds is 5. The van der Waals surface area contributed by atoms with Crippen molar-refractivity contribution < 1.29 is 22.0 Å². The highest BCUT2D eigenvalue weighted by molar-refractivity contribution is 7.89. The van der Waals surface area contributed by atoms with Crippen molar-refractivity contribution in [2.75, 3.05) is 0 Å². The van der Waals surface area contributed by atoms with Gasteiger partial charge in [-0.05, 0) is 37.3 Å². The van der Waals surface area contributed by atoms with Crippen molar-refractivity contribution in [2.24, 2.45) is 0 Å². The van der Waals surface area contributed by atoms with Crippen LogP contribution in [0.25, 0.3) is 0 Å². The Bertz CT molecular complexity index is 819. The maximum atomic E-state index is 13.5. The lowest BCUT2D eigenvalue weighted by Crippen LogP contribution is -2.24. The zero-order chi connectivity index (χ0) is 16.3. The van der Waals surface area contributed by atoms with Crippen LogP contribution in [-0.4, -0.2) is 14.2 Å². The topological polar surface area (TPSA) is 63.2 Å². The van der Waals surface area contributed by atoms with E-state index in [0.717, 1.165) is 18.2 Å². The third-order valence-corrected chi connectivity index (χ3v) is 4.41. The lowest BCUT2D eigenvalue weighted by molar-refractivity contribution is 0.101. The molecule has 0 saturated carbocycles. The van der Waals surface area contributed by atoms with E-state index in [1.54, 1.807) is 0 Å². The first kappa shape index (κ1) is 16.3. The highest BCUT2D eigenvalue weighted by Crippen LogP contribution is 2.14. The fourth-order valence-electron chi connectivity index (χ4n) is 1.82. The maximum absolute atomic E-state index is 13.5. The summed E-state index contributed by atoms with van der Waals surface area (Å²) in [7, 11) is -3.94. The molecule has 0 aliphatic rings. The molecule has 0 aromatic heterocycles. The highest BCUT2D eigenvalue weighted by atomic mass is 32.2. The molecule has 7 heteroatoms. The van der Waals surface area contributed by atoms with Crippen LogP contribution in [0.15, 0.2) is 47.4 Å². The Kier molecular flexibility index (Phi) is 4.68. The zero-order valence-corrected chi connectivity index (χ0v) is 12.5. The van der Waals surface area contributed by atoms with Crippen LogP contribution in [0.5, 0.6) is 0 Å². The van der Waals surface area contributed by atoms with E-state index in [4.69, 9.17) is 0 Å². The van der Waals surface area contributed by atoms with Gasteiger partial charge in [-0.15, -0.1) is 0 Å². The van der Waals surface area contributed by atoms with E-state index in [2.05, 4.69) is 4.72 Å². The van der Waals surface area contributed by atoms with Crippen molar-refractivity contribution in [3.8, 4) is 0 Å². The number of sulfonamides is 1. The molecular formula is C15H13F2NO3S. The number of nitrogens with one attached hydrogen (secondary N) is 1. The lowest BCUT2D eigenvalue weighted by atomic mass is 10.2. The summed E-state index contributed by atoms with van der Waals surface area (Å²) in [5.74, 6) is -1.64. The van der Waals surface area contributed by atoms with Gasteiger partial charge in [-0.3, -0.25) is 4.79 Å². The average molecular weight is 325 g/mol. The largest absolute Gasteiger partial charge is 0.295 e. The van der Waals surface area contributed by atoms with Crippen molar-refractivity contribution >= 4 is 15.8 Å². The van der Waals surface area contributed by atoms with Crippen LogP contribution < -0.4 is 4.72 Å². The summed E-state index contributed by atoms with van der Waals surface area (Å²) >= 11 is 0. The van der Waals surface area contributed by atoms with Gasteiger partial charge in [0, 0.05) is 17.7 Å². The molecule has 1 N–H and O–H groups in total. The number of hydrogen-bond donors (Lipinski definition) is 1. The van der Waals surface area contributed by atoms with Gasteiger partial charge in [0.1, 0.15) is 11.6 Å². The van der Waals surface area contributed by atoms with Crippen LogP contribution >= 0.6 is 0 Å². The number of hydrogen-bond acceptors (Lipinski definition) is 3. The molecule has 2 aromatic carbocycles. The Morgan fingerprint density at radius 3 is 2.55 bits per heavy atom. The van der Waals surface area contributed by atoms with Crippen molar-refractivity contribution in [3.63, 3.8) is 0 Å². The Morgan fingerprint density at radius 2 is 1.86 bits per heavy atom. The molecule has 4 nitrogen and oxygen atoms in total. The molecule has 0 amide bonds. The SMILES string of the molecule is CC(=O)c1cccc(S(=O)(=O)NCc2cc(F)ccc2F)c1. The molecule has 0 radical (unpaired) electrons. The Hall–Kier alpha value is -2.12. The normalized spacial score (nSPS) is 11.4. The summed E-state index contributed by atoms with van der Waals surface area (Å²) in [6, 6.07) is 8.27. The molecule has 2 rings (SSSR count). The van der Waals surface area contributed by atoms with E-state index in [1.807, 2.05) is 0 Å². The van der Waals surface area contributed by atoms with Crippen molar-refractivity contribution in [2.45, 2.75) is 18.4 Å². The quantitative estimate of drug-likeness (QED) is 0.860. The Labute approximate surface area is 126 Å². The predicted molar refractivity (Wildman–Crippen MR) is 76.8 cm³/mol. The standard InChI is InChI=1S/C15H13F2NO3S/c1-10(19)11-3-2-4-14(8-11)22(20,21)18-9-12-7-13(16)5-6-15(12)17/h2-8,18H,9H2,1H3. The second kappa shape index (κ2) is 6.33. The maximum Gasteiger partial charge on any atom is 0.240 e. The third kappa shape index (κ3) is 3.75. The molecule has 0 fully saturated rings. The van der Waals surface area contributed by atoms with E-state index < -0.39 is 28.2 Å². The minimum atomic E-state index is -3.94. The molecule has 0 unspecified atom stereocenters. The van der Waals surface area contributed by atoms with E-state index in [1.165, 1.54) is 31.2 Å². The molecule has 0 aliphatic heterocycles. The van der Waals surface area contributed by atoms with Crippen molar-refractivity contribution in [3.05, 3.63) is 65.2 Å². The Morgan fingerprint density at radius 1 is 1.14 bits per heavy atom. The fourth-order valence-corrected chi connectivity index (χ4v) is 2.87. The second-order valence-corrected chi connectivity index (χ2v) is 6.41. The van der Waals surface area contributed by atoms with Gasteiger partial charge in [-0.2, -0.15) is 0 Å². The zero-order valence-electron chi connectivity index (χ0n) is 11.6. The van der Waals surface area contributed by atoms with Crippen LogP contribution in [-0.2, 0) is 16.6 Å². The van der Waals surface area contributed by atoms with Gasteiger partial charge in [0.05, 0.1) is 4.90 Å². The summed E-state index contributed by atoms with van der Waals surface area (Å²) in [6.07, 6.45) is 0. The molecule has 0 atom stereocenters.